The topological polar surface area (TPSA) is 137 Å². The molecule has 162 valence electrons. The van der Waals surface area contributed by atoms with Crippen molar-refractivity contribution in [3.05, 3.63) is 59.7 Å². The lowest BCUT2D eigenvalue weighted by Gasteiger charge is -2.09. The maximum atomic E-state index is 12.5. The molecule has 1 aliphatic heterocycles. The Kier molecular flexibility index (Phi) is 6.76. The summed E-state index contributed by atoms with van der Waals surface area (Å²) in [6.07, 6.45) is -0.293. The van der Waals surface area contributed by atoms with E-state index in [1.807, 2.05) is 6.92 Å². The number of hydrogen-bond donors (Lipinski definition) is 3. The number of nitrogens with one attached hydrogen (secondary N) is 2. The van der Waals surface area contributed by atoms with Crippen molar-refractivity contribution in [2.45, 2.75) is 30.4 Å². The Labute approximate surface area is 183 Å². The summed E-state index contributed by atoms with van der Waals surface area (Å²) in [5.74, 6) is -1.48. The molecule has 11 heteroatoms. The van der Waals surface area contributed by atoms with Gasteiger partial charge in [-0.15, -0.1) is 5.10 Å². The lowest BCUT2D eigenvalue weighted by molar-refractivity contribution is -0.138. The van der Waals surface area contributed by atoms with Gasteiger partial charge in [-0.2, -0.15) is 5.10 Å². The highest BCUT2D eigenvalue weighted by Gasteiger charge is 2.32. The lowest BCUT2D eigenvalue weighted by atomic mass is 10.1. The normalized spacial score (nSPS) is 18.1. The van der Waals surface area contributed by atoms with Gasteiger partial charge >= 0.3 is 5.97 Å². The second-order valence-corrected chi connectivity index (χ2v) is 9.65. The van der Waals surface area contributed by atoms with Crippen LogP contribution in [0.15, 0.2) is 63.6 Å². The minimum absolute atomic E-state index is 0.174. The van der Waals surface area contributed by atoms with E-state index in [0.717, 1.165) is 17.3 Å². The molecule has 0 bridgehead atoms. The van der Waals surface area contributed by atoms with Crippen molar-refractivity contribution in [3.8, 4) is 0 Å². The summed E-state index contributed by atoms with van der Waals surface area (Å²) < 4.78 is 27.5. The highest BCUT2D eigenvalue weighted by molar-refractivity contribution is 8.15. The molecule has 1 heterocycles. The van der Waals surface area contributed by atoms with E-state index in [4.69, 9.17) is 5.11 Å². The first kappa shape index (κ1) is 22.5. The fourth-order valence-corrected chi connectivity index (χ4v) is 4.60. The Morgan fingerprint density at radius 2 is 1.81 bits per heavy atom. The van der Waals surface area contributed by atoms with Crippen molar-refractivity contribution in [1.82, 2.24) is 5.32 Å². The molecule has 1 saturated heterocycles. The Hall–Kier alpha value is -3.18. The van der Waals surface area contributed by atoms with Crippen LogP contribution in [0.4, 0.5) is 5.69 Å². The van der Waals surface area contributed by atoms with Gasteiger partial charge in [0.05, 0.1) is 17.0 Å². The Morgan fingerprint density at radius 1 is 1.16 bits per heavy atom. The van der Waals surface area contributed by atoms with Crippen LogP contribution in [-0.2, 0) is 19.6 Å². The first-order valence-electron chi connectivity index (χ1n) is 9.15. The van der Waals surface area contributed by atoms with Crippen LogP contribution >= 0.6 is 11.8 Å². The molecule has 0 spiro atoms. The van der Waals surface area contributed by atoms with Crippen LogP contribution in [0, 0.1) is 6.92 Å². The summed E-state index contributed by atoms with van der Waals surface area (Å²) in [6, 6.07) is 13.2. The van der Waals surface area contributed by atoms with E-state index < -0.39 is 27.1 Å². The van der Waals surface area contributed by atoms with Gasteiger partial charge in [0.15, 0.2) is 5.17 Å². The number of benzene rings is 2. The van der Waals surface area contributed by atoms with E-state index in [2.05, 4.69) is 20.2 Å². The summed E-state index contributed by atoms with van der Waals surface area (Å²) in [5, 5.41) is 18.8. The van der Waals surface area contributed by atoms with Gasteiger partial charge in [-0.1, -0.05) is 41.6 Å². The van der Waals surface area contributed by atoms with E-state index in [1.165, 1.54) is 0 Å². The molecular formula is C20H20N4O5S2. The van der Waals surface area contributed by atoms with Crippen molar-refractivity contribution < 1.29 is 23.1 Å². The predicted molar refractivity (Wildman–Crippen MR) is 120 cm³/mol. The molecule has 0 aromatic heterocycles. The van der Waals surface area contributed by atoms with Crippen molar-refractivity contribution in [2.24, 2.45) is 10.2 Å². The molecule has 9 nitrogen and oxygen atoms in total. The van der Waals surface area contributed by atoms with Gasteiger partial charge in [-0.3, -0.25) is 14.3 Å². The molecule has 0 aliphatic carbocycles. The molecule has 3 N–H and O–H groups in total. The number of aliphatic carboxylic acids is 1. The monoisotopic (exact) mass is 460 g/mol. The number of aryl methyl sites for hydroxylation is 1. The number of thioether (sulfide) groups is 1. The van der Waals surface area contributed by atoms with E-state index in [-0.39, 0.29) is 16.5 Å². The van der Waals surface area contributed by atoms with Crippen LogP contribution in [0.1, 0.15) is 24.5 Å². The van der Waals surface area contributed by atoms with Gasteiger partial charge in [-0.25, -0.2) is 8.42 Å². The number of carbonyl (C=O) groups is 2. The number of amidine groups is 1. The molecule has 3 rings (SSSR count). The van der Waals surface area contributed by atoms with Crippen LogP contribution in [0.25, 0.3) is 0 Å². The smallest absolute Gasteiger partial charge is 0.305 e. The molecule has 31 heavy (non-hydrogen) atoms. The zero-order chi connectivity index (χ0) is 22.6. The standard InChI is InChI=1S/C20H20N4O5S2/c1-12-3-9-16(10-4-12)31(28,29)24-15-7-5-14(6-8-15)13(2)22-23-20-21-19(27)17(30-20)11-18(25)26/h3-10,17,24H,11H2,1-2H3,(H,25,26)(H,21,23,27)/b22-13+/t17-/m1/s1. The van der Waals surface area contributed by atoms with Gasteiger partial charge in [0.2, 0.25) is 5.91 Å². The fourth-order valence-electron chi connectivity index (χ4n) is 2.63. The maximum Gasteiger partial charge on any atom is 0.305 e. The Balaban J connectivity index is 1.67. The number of anilines is 1. The fraction of sp³-hybridized carbons (Fsp3) is 0.200. The third kappa shape index (κ3) is 5.92. The second kappa shape index (κ2) is 9.31. The number of nitrogens with zero attached hydrogens (tertiary/aromatic N) is 2. The maximum absolute atomic E-state index is 12.5. The second-order valence-electron chi connectivity index (χ2n) is 6.78. The Morgan fingerprint density at radius 3 is 2.42 bits per heavy atom. The molecule has 0 unspecified atom stereocenters. The molecule has 1 atom stereocenters. The number of rotatable bonds is 7. The van der Waals surface area contributed by atoms with Crippen LogP contribution in [0.5, 0.6) is 0 Å². The quantitative estimate of drug-likeness (QED) is 0.429. The zero-order valence-electron chi connectivity index (χ0n) is 16.7. The van der Waals surface area contributed by atoms with Crippen molar-refractivity contribution in [3.63, 3.8) is 0 Å². The summed E-state index contributed by atoms with van der Waals surface area (Å²) in [5.41, 5.74) is 2.62. The first-order chi connectivity index (χ1) is 14.6. The lowest BCUT2D eigenvalue weighted by Crippen LogP contribution is -2.26. The number of hydrogen-bond acceptors (Lipinski definition) is 7. The number of carboxylic acids is 1. The average Bonchev–Trinajstić information content (AvgIpc) is 3.05. The molecule has 0 radical (unpaired) electrons. The number of sulfonamides is 1. The Bertz CT molecular complexity index is 1160. The molecular weight excluding hydrogens is 440 g/mol. The minimum atomic E-state index is -3.69. The summed E-state index contributed by atoms with van der Waals surface area (Å²) in [6.45, 7) is 3.59. The molecule has 1 amide bonds. The van der Waals surface area contributed by atoms with Crippen molar-refractivity contribution in [2.75, 3.05) is 4.72 Å². The van der Waals surface area contributed by atoms with Crippen LogP contribution in [0.2, 0.25) is 0 Å². The zero-order valence-corrected chi connectivity index (χ0v) is 18.3. The number of carboxylic acid groups (broad SMARTS) is 1. The van der Waals surface area contributed by atoms with Gasteiger partial charge in [0.1, 0.15) is 5.25 Å². The minimum Gasteiger partial charge on any atom is -0.481 e. The first-order valence-corrected chi connectivity index (χ1v) is 11.5. The van der Waals surface area contributed by atoms with Gasteiger partial charge < -0.3 is 10.4 Å². The highest BCUT2D eigenvalue weighted by Crippen LogP contribution is 2.22. The van der Waals surface area contributed by atoms with E-state index in [9.17, 15) is 18.0 Å². The highest BCUT2D eigenvalue weighted by atomic mass is 32.2. The number of carbonyl (C=O) groups excluding carboxylic acids is 1. The molecule has 2 aromatic carbocycles. The molecule has 1 fully saturated rings. The van der Waals surface area contributed by atoms with Gasteiger partial charge in [0.25, 0.3) is 10.0 Å². The SMILES string of the molecule is C/C(=N\N=C1/NC(=O)[C@@H](CC(=O)O)S1)c1ccc(NS(=O)(=O)c2ccc(C)cc2)cc1. The van der Waals surface area contributed by atoms with Crippen molar-refractivity contribution in [1.29, 1.82) is 0 Å². The molecule has 2 aromatic rings. The van der Waals surface area contributed by atoms with Crippen LogP contribution in [-0.4, -0.2) is 41.5 Å². The average molecular weight is 461 g/mol. The summed E-state index contributed by atoms with van der Waals surface area (Å²) in [4.78, 5) is 22.7. The third-order valence-electron chi connectivity index (χ3n) is 4.31. The predicted octanol–water partition coefficient (Wildman–Crippen LogP) is 2.58. The summed E-state index contributed by atoms with van der Waals surface area (Å²) in [7, 11) is -3.69. The van der Waals surface area contributed by atoms with E-state index in [0.29, 0.717) is 17.0 Å². The number of amides is 1. The van der Waals surface area contributed by atoms with E-state index >= 15 is 0 Å². The van der Waals surface area contributed by atoms with Crippen molar-refractivity contribution >= 4 is 50.2 Å². The van der Waals surface area contributed by atoms with Crippen LogP contribution in [0.3, 0.4) is 0 Å². The molecule has 0 saturated carbocycles. The van der Waals surface area contributed by atoms with Gasteiger partial charge in [0, 0.05) is 5.69 Å². The summed E-state index contributed by atoms with van der Waals surface area (Å²) >= 11 is 1.02. The molecule has 1 aliphatic rings. The van der Waals surface area contributed by atoms with E-state index in [1.54, 1.807) is 55.5 Å². The largest absolute Gasteiger partial charge is 0.481 e. The van der Waals surface area contributed by atoms with Gasteiger partial charge in [-0.05, 0) is 43.7 Å². The third-order valence-corrected chi connectivity index (χ3v) is 6.78. The van der Waals surface area contributed by atoms with Crippen LogP contribution < -0.4 is 10.0 Å².